The number of benzene rings is 1. The maximum absolute atomic E-state index is 13.3. The summed E-state index contributed by atoms with van der Waals surface area (Å²) in [4.78, 5) is 32.5. The van der Waals surface area contributed by atoms with E-state index < -0.39 is 5.54 Å². The maximum Gasteiger partial charge on any atom is 0.252 e. The fourth-order valence-electron chi connectivity index (χ4n) is 4.04. The number of rotatable bonds is 2. The van der Waals surface area contributed by atoms with Gasteiger partial charge in [-0.2, -0.15) is 10.4 Å². The van der Waals surface area contributed by atoms with Crippen molar-refractivity contribution >= 4 is 44.8 Å². The van der Waals surface area contributed by atoms with E-state index in [0.29, 0.717) is 35.7 Å². The van der Waals surface area contributed by atoms with Crippen LogP contribution in [0.25, 0.3) is 16.8 Å². The molecule has 2 N–H and O–H groups in total. The van der Waals surface area contributed by atoms with Gasteiger partial charge in [0, 0.05) is 30.0 Å². The summed E-state index contributed by atoms with van der Waals surface area (Å²) in [6.07, 6.45) is 1.37. The normalized spacial score (nSPS) is 15.9. The summed E-state index contributed by atoms with van der Waals surface area (Å²) in [6, 6.07) is 9.31. The van der Waals surface area contributed by atoms with Gasteiger partial charge < -0.3 is 15.5 Å². The van der Waals surface area contributed by atoms with E-state index in [2.05, 4.69) is 32.1 Å². The van der Waals surface area contributed by atoms with Gasteiger partial charge in [0.1, 0.15) is 23.5 Å². The van der Waals surface area contributed by atoms with E-state index in [1.54, 1.807) is 46.4 Å². The standard InChI is InChI=1S/C21H20BrN7O2/c1-12(30)28-7-6-27(20(31)21(28,2)3)16-8-13(4-5-14(16)10-23)17-9-15(22)18-19(24)25-11-26-29(17)18/h4-5,8-9,11H,6-7H2,1-3H3,(H2,24,25,26). The molecule has 2 aromatic heterocycles. The quantitative estimate of drug-likeness (QED) is 0.600. The largest absolute Gasteiger partial charge is 0.382 e. The lowest BCUT2D eigenvalue weighted by Gasteiger charge is -2.45. The van der Waals surface area contributed by atoms with Crippen LogP contribution in [0.4, 0.5) is 11.5 Å². The van der Waals surface area contributed by atoms with Crippen molar-refractivity contribution in [2.45, 2.75) is 26.3 Å². The summed E-state index contributed by atoms with van der Waals surface area (Å²) in [7, 11) is 0. The molecule has 2 amide bonds. The van der Waals surface area contributed by atoms with Crippen LogP contribution in [0, 0.1) is 11.3 Å². The molecule has 1 fully saturated rings. The Morgan fingerprint density at radius 3 is 2.71 bits per heavy atom. The van der Waals surface area contributed by atoms with Crippen LogP contribution in [0.2, 0.25) is 0 Å². The average Bonchev–Trinajstić information content (AvgIpc) is 3.07. The number of anilines is 2. The Labute approximate surface area is 187 Å². The number of nitrogens with two attached hydrogens (primary N) is 1. The molecule has 3 heterocycles. The summed E-state index contributed by atoms with van der Waals surface area (Å²) < 4.78 is 2.40. The first-order chi connectivity index (χ1) is 14.7. The average molecular weight is 482 g/mol. The summed E-state index contributed by atoms with van der Waals surface area (Å²) in [5.74, 6) is -0.0660. The predicted octanol–water partition coefficient (Wildman–Crippen LogP) is 2.59. The Balaban J connectivity index is 1.84. The third kappa shape index (κ3) is 3.21. The minimum Gasteiger partial charge on any atom is -0.382 e. The number of carbonyl (C=O) groups is 2. The predicted molar refractivity (Wildman–Crippen MR) is 119 cm³/mol. The van der Waals surface area contributed by atoms with Crippen LogP contribution in [0.15, 0.2) is 35.1 Å². The number of hydrogen-bond acceptors (Lipinski definition) is 6. The molecular weight excluding hydrogens is 462 g/mol. The fraction of sp³-hybridized carbons (Fsp3) is 0.286. The van der Waals surface area contributed by atoms with E-state index in [0.717, 1.165) is 15.7 Å². The molecule has 0 saturated carbocycles. The molecule has 0 atom stereocenters. The molecule has 1 aromatic carbocycles. The van der Waals surface area contributed by atoms with E-state index in [4.69, 9.17) is 5.73 Å². The van der Waals surface area contributed by atoms with Crippen molar-refractivity contribution in [1.82, 2.24) is 19.5 Å². The van der Waals surface area contributed by atoms with Gasteiger partial charge in [-0.1, -0.05) is 6.07 Å². The Bertz CT molecular complexity index is 1270. The number of nitriles is 1. The summed E-state index contributed by atoms with van der Waals surface area (Å²) in [5.41, 5.74) is 7.97. The molecular formula is C21H20BrN7O2. The summed E-state index contributed by atoms with van der Waals surface area (Å²) in [6.45, 7) is 5.57. The van der Waals surface area contributed by atoms with Gasteiger partial charge in [0.15, 0.2) is 5.82 Å². The highest BCUT2D eigenvalue weighted by Gasteiger charge is 2.44. The second kappa shape index (κ2) is 7.35. The molecule has 1 aliphatic rings. The molecule has 0 unspecified atom stereocenters. The highest BCUT2D eigenvalue weighted by molar-refractivity contribution is 9.10. The first-order valence-corrected chi connectivity index (χ1v) is 10.4. The number of fused-ring (bicyclic) bond motifs is 1. The van der Waals surface area contributed by atoms with Crippen LogP contribution in [-0.2, 0) is 9.59 Å². The number of carbonyl (C=O) groups excluding carboxylic acids is 2. The van der Waals surface area contributed by atoms with Crippen molar-refractivity contribution in [3.8, 4) is 17.3 Å². The van der Waals surface area contributed by atoms with Crippen molar-refractivity contribution in [1.29, 1.82) is 5.26 Å². The number of piperazine rings is 1. The van der Waals surface area contributed by atoms with E-state index >= 15 is 0 Å². The molecule has 9 nitrogen and oxygen atoms in total. The second-order valence-electron chi connectivity index (χ2n) is 7.81. The third-order valence-corrected chi connectivity index (χ3v) is 6.22. The molecule has 1 saturated heterocycles. The van der Waals surface area contributed by atoms with E-state index in [1.165, 1.54) is 13.3 Å². The van der Waals surface area contributed by atoms with Gasteiger partial charge in [-0.25, -0.2) is 9.50 Å². The fourth-order valence-corrected chi connectivity index (χ4v) is 4.63. The number of nitrogens with zero attached hydrogens (tertiary/aromatic N) is 6. The van der Waals surface area contributed by atoms with Gasteiger partial charge in [0.2, 0.25) is 5.91 Å². The Kier molecular flexibility index (Phi) is 4.94. The van der Waals surface area contributed by atoms with Crippen molar-refractivity contribution in [3.63, 3.8) is 0 Å². The third-order valence-electron chi connectivity index (χ3n) is 5.61. The number of aromatic nitrogens is 3. The number of nitrogen functional groups attached to an aromatic ring is 1. The van der Waals surface area contributed by atoms with Gasteiger partial charge in [0.05, 0.1) is 16.9 Å². The van der Waals surface area contributed by atoms with Crippen molar-refractivity contribution < 1.29 is 9.59 Å². The number of hydrogen-bond donors (Lipinski definition) is 1. The van der Waals surface area contributed by atoms with Crippen LogP contribution in [-0.4, -0.2) is 49.9 Å². The Morgan fingerprint density at radius 2 is 2.03 bits per heavy atom. The molecule has 158 valence electrons. The minimum absolute atomic E-state index is 0.158. The molecule has 0 radical (unpaired) electrons. The summed E-state index contributed by atoms with van der Waals surface area (Å²) >= 11 is 3.50. The zero-order chi connectivity index (χ0) is 22.5. The number of amides is 2. The lowest BCUT2D eigenvalue weighted by molar-refractivity contribution is -0.145. The van der Waals surface area contributed by atoms with Crippen LogP contribution < -0.4 is 10.6 Å². The van der Waals surface area contributed by atoms with Gasteiger partial charge in [-0.3, -0.25) is 9.59 Å². The van der Waals surface area contributed by atoms with Crippen LogP contribution in [0.5, 0.6) is 0 Å². The van der Waals surface area contributed by atoms with Crippen LogP contribution in [0.3, 0.4) is 0 Å². The van der Waals surface area contributed by atoms with Crippen LogP contribution >= 0.6 is 15.9 Å². The van der Waals surface area contributed by atoms with Crippen molar-refractivity contribution in [2.75, 3.05) is 23.7 Å². The molecule has 0 bridgehead atoms. The molecule has 0 aliphatic carbocycles. The molecule has 31 heavy (non-hydrogen) atoms. The molecule has 0 spiro atoms. The zero-order valence-corrected chi connectivity index (χ0v) is 18.8. The lowest BCUT2D eigenvalue weighted by Crippen LogP contribution is -2.64. The van der Waals surface area contributed by atoms with Crippen LogP contribution in [0.1, 0.15) is 26.3 Å². The highest BCUT2D eigenvalue weighted by Crippen LogP contribution is 2.35. The first-order valence-electron chi connectivity index (χ1n) is 9.59. The Morgan fingerprint density at radius 1 is 1.29 bits per heavy atom. The molecule has 4 rings (SSSR count). The van der Waals surface area contributed by atoms with E-state index in [1.807, 2.05) is 6.07 Å². The Hall–Kier alpha value is -3.45. The highest BCUT2D eigenvalue weighted by atomic mass is 79.9. The minimum atomic E-state index is -1.01. The molecule has 1 aliphatic heterocycles. The SMILES string of the molecule is CC(=O)N1CCN(c2cc(-c3cc(Br)c4c(N)ncnn34)ccc2C#N)C(=O)C1(C)C. The van der Waals surface area contributed by atoms with Gasteiger partial charge in [-0.15, -0.1) is 0 Å². The zero-order valence-electron chi connectivity index (χ0n) is 17.3. The molecule has 10 heteroatoms. The summed E-state index contributed by atoms with van der Waals surface area (Å²) in [5, 5.41) is 14.0. The van der Waals surface area contributed by atoms with Crippen molar-refractivity contribution in [3.05, 3.63) is 40.6 Å². The van der Waals surface area contributed by atoms with Gasteiger partial charge >= 0.3 is 0 Å². The number of halogens is 1. The van der Waals surface area contributed by atoms with Crippen molar-refractivity contribution in [2.24, 2.45) is 0 Å². The second-order valence-corrected chi connectivity index (χ2v) is 8.67. The maximum atomic E-state index is 13.3. The monoisotopic (exact) mass is 481 g/mol. The van der Waals surface area contributed by atoms with Gasteiger partial charge in [-0.05, 0) is 48.0 Å². The van der Waals surface area contributed by atoms with Gasteiger partial charge in [0.25, 0.3) is 5.91 Å². The topological polar surface area (TPSA) is 121 Å². The first kappa shape index (κ1) is 20.8. The van der Waals surface area contributed by atoms with E-state index in [-0.39, 0.29) is 11.8 Å². The lowest BCUT2D eigenvalue weighted by atomic mass is 9.95. The van der Waals surface area contributed by atoms with E-state index in [9.17, 15) is 14.9 Å². The molecule has 3 aromatic rings. The smallest absolute Gasteiger partial charge is 0.252 e.